The summed E-state index contributed by atoms with van der Waals surface area (Å²) in [5.41, 5.74) is 0. The number of likely N-dealkylation sites (N-methyl/N-ethyl adjacent to an activating group) is 1. The standard InChI is InChI=1S/C12H21NO5S/c1-4-17-12(14)9-7-8-5-6-10(13(8)2)11(9)18-19(3,15)16/h8-11H,4-7H2,1-3H3/t8?,9?,10?,11-/m1/s1. The Morgan fingerprint density at radius 2 is 2.05 bits per heavy atom. The van der Waals surface area contributed by atoms with Crippen LogP contribution < -0.4 is 0 Å². The first kappa shape index (κ1) is 14.7. The van der Waals surface area contributed by atoms with Crippen LogP contribution in [0.4, 0.5) is 0 Å². The van der Waals surface area contributed by atoms with Crippen LogP contribution in [0, 0.1) is 5.92 Å². The number of ether oxygens (including phenoxy) is 1. The van der Waals surface area contributed by atoms with Crippen molar-refractivity contribution in [1.82, 2.24) is 4.90 Å². The van der Waals surface area contributed by atoms with Gasteiger partial charge in [0, 0.05) is 12.1 Å². The van der Waals surface area contributed by atoms with E-state index in [2.05, 4.69) is 4.90 Å². The smallest absolute Gasteiger partial charge is 0.311 e. The average molecular weight is 291 g/mol. The highest BCUT2D eigenvalue weighted by Gasteiger charge is 2.50. The number of rotatable bonds is 4. The molecule has 0 aromatic rings. The molecule has 0 amide bonds. The summed E-state index contributed by atoms with van der Waals surface area (Å²) in [7, 11) is -1.63. The van der Waals surface area contributed by atoms with E-state index in [9.17, 15) is 13.2 Å². The van der Waals surface area contributed by atoms with Crippen molar-refractivity contribution in [3.8, 4) is 0 Å². The molecule has 2 aliphatic heterocycles. The van der Waals surface area contributed by atoms with Crippen molar-refractivity contribution in [2.24, 2.45) is 5.92 Å². The quantitative estimate of drug-likeness (QED) is 0.550. The topological polar surface area (TPSA) is 72.9 Å². The lowest BCUT2D eigenvalue weighted by molar-refractivity contribution is -0.155. The molecule has 2 aliphatic rings. The zero-order chi connectivity index (χ0) is 14.2. The van der Waals surface area contributed by atoms with Crippen molar-refractivity contribution in [3.05, 3.63) is 0 Å². The maximum Gasteiger partial charge on any atom is 0.311 e. The number of hydrogen-bond donors (Lipinski definition) is 0. The molecule has 4 atom stereocenters. The third-order valence-electron chi connectivity index (χ3n) is 4.07. The molecule has 0 aliphatic carbocycles. The second-order valence-corrected chi connectivity index (χ2v) is 6.92. The van der Waals surface area contributed by atoms with Gasteiger partial charge in [0.25, 0.3) is 10.1 Å². The molecule has 0 N–H and O–H groups in total. The number of nitrogens with zero attached hydrogens (tertiary/aromatic N) is 1. The van der Waals surface area contributed by atoms with Crippen LogP contribution >= 0.6 is 0 Å². The van der Waals surface area contributed by atoms with Crippen LogP contribution in [0.2, 0.25) is 0 Å². The van der Waals surface area contributed by atoms with Crippen molar-refractivity contribution < 1.29 is 22.1 Å². The number of carbonyl (C=O) groups is 1. The Labute approximate surface area is 114 Å². The van der Waals surface area contributed by atoms with Crippen LogP contribution in [0.5, 0.6) is 0 Å². The van der Waals surface area contributed by atoms with E-state index in [-0.39, 0.29) is 12.0 Å². The normalized spacial score (nSPS) is 35.3. The van der Waals surface area contributed by atoms with Crippen LogP contribution in [0.1, 0.15) is 26.2 Å². The van der Waals surface area contributed by atoms with Crippen LogP contribution in [-0.4, -0.2) is 57.4 Å². The Hall–Kier alpha value is -0.660. The molecule has 3 unspecified atom stereocenters. The summed E-state index contributed by atoms with van der Waals surface area (Å²) in [5.74, 6) is -0.829. The van der Waals surface area contributed by atoms with Gasteiger partial charge in [-0.3, -0.25) is 13.9 Å². The highest BCUT2D eigenvalue weighted by molar-refractivity contribution is 7.86. The van der Waals surface area contributed by atoms with Crippen molar-refractivity contribution in [2.75, 3.05) is 19.9 Å². The number of hydrogen-bond acceptors (Lipinski definition) is 6. The molecule has 2 rings (SSSR count). The Balaban J connectivity index is 2.22. The summed E-state index contributed by atoms with van der Waals surface area (Å²) in [6.45, 7) is 2.04. The van der Waals surface area contributed by atoms with Gasteiger partial charge >= 0.3 is 5.97 Å². The molecule has 2 fully saturated rings. The molecular formula is C12H21NO5S. The summed E-state index contributed by atoms with van der Waals surface area (Å²) in [6, 6.07) is 0.293. The molecular weight excluding hydrogens is 270 g/mol. The van der Waals surface area contributed by atoms with Crippen molar-refractivity contribution in [1.29, 1.82) is 0 Å². The summed E-state index contributed by atoms with van der Waals surface area (Å²) in [5, 5.41) is 0. The third-order valence-corrected chi connectivity index (χ3v) is 4.64. The lowest BCUT2D eigenvalue weighted by Gasteiger charge is -2.40. The van der Waals surface area contributed by atoms with Crippen LogP contribution in [0.15, 0.2) is 0 Å². The first-order valence-corrected chi connectivity index (χ1v) is 8.42. The van der Waals surface area contributed by atoms with Gasteiger partial charge in [0.2, 0.25) is 0 Å². The molecule has 110 valence electrons. The fourth-order valence-electron chi connectivity index (χ4n) is 3.23. The highest BCUT2D eigenvalue weighted by atomic mass is 32.2. The van der Waals surface area contributed by atoms with Gasteiger partial charge in [0.15, 0.2) is 0 Å². The van der Waals surface area contributed by atoms with Gasteiger partial charge in [-0.25, -0.2) is 0 Å². The first-order valence-electron chi connectivity index (χ1n) is 6.60. The summed E-state index contributed by atoms with van der Waals surface area (Å²) in [4.78, 5) is 14.1. The molecule has 0 aromatic heterocycles. The minimum Gasteiger partial charge on any atom is -0.466 e. The molecule has 0 radical (unpaired) electrons. The molecule has 19 heavy (non-hydrogen) atoms. The molecule has 0 saturated carbocycles. The number of carbonyl (C=O) groups excluding carboxylic acids is 1. The van der Waals surface area contributed by atoms with Gasteiger partial charge < -0.3 is 4.74 Å². The SMILES string of the molecule is CCOC(=O)C1CC2CCC([C@@H]1OS(C)(=O)=O)N2C. The van der Waals surface area contributed by atoms with Gasteiger partial charge in [-0.1, -0.05) is 0 Å². The van der Waals surface area contributed by atoms with Gasteiger partial charge in [0.05, 0.1) is 18.8 Å². The molecule has 6 nitrogen and oxygen atoms in total. The van der Waals surface area contributed by atoms with E-state index in [1.54, 1.807) is 6.92 Å². The van der Waals surface area contributed by atoms with Crippen LogP contribution in [-0.2, 0) is 23.8 Å². The van der Waals surface area contributed by atoms with Crippen molar-refractivity contribution in [3.63, 3.8) is 0 Å². The largest absolute Gasteiger partial charge is 0.466 e. The van der Waals surface area contributed by atoms with Gasteiger partial charge in [-0.05, 0) is 33.2 Å². The number of piperidine rings is 1. The zero-order valence-electron chi connectivity index (χ0n) is 11.5. The minimum absolute atomic E-state index is 0.0251. The molecule has 2 saturated heterocycles. The Morgan fingerprint density at radius 3 is 2.63 bits per heavy atom. The second-order valence-electron chi connectivity index (χ2n) is 5.32. The maximum absolute atomic E-state index is 12.0. The Bertz CT molecular complexity index is 449. The number of esters is 1. The average Bonchev–Trinajstić information content (AvgIpc) is 2.53. The molecule has 0 aromatic carbocycles. The Kier molecular flexibility index (Phi) is 4.17. The third kappa shape index (κ3) is 3.09. The van der Waals surface area contributed by atoms with E-state index < -0.39 is 22.1 Å². The van der Waals surface area contributed by atoms with E-state index in [4.69, 9.17) is 8.92 Å². The van der Waals surface area contributed by atoms with Gasteiger partial charge in [-0.2, -0.15) is 8.42 Å². The maximum atomic E-state index is 12.0. The summed E-state index contributed by atoms with van der Waals surface area (Å²) >= 11 is 0. The number of fused-ring (bicyclic) bond motifs is 2. The highest BCUT2D eigenvalue weighted by Crippen LogP contribution is 2.40. The molecule has 0 spiro atoms. The van der Waals surface area contributed by atoms with Crippen LogP contribution in [0.3, 0.4) is 0 Å². The van der Waals surface area contributed by atoms with Gasteiger partial charge in [0.1, 0.15) is 6.10 Å². The molecule has 2 bridgehead atoms. The van der Waals surface area contributed by atoms with E-state index >= 15 is 0 Å². The zero-order valence-corrected chi connectivity index (χ0v) is 12.4. The monoisotopic (exact) mass is 291 g/mol. The molecule has 7 heteroatoms. The summed E-state index contributed by atoms with van der Waals surface area (Å²) < 4.78 is 33.1. The lowest BCUT2D eigenvalue weighted by atomic mass is 9.88. The Morgan fingerprint density at radius 1 is 1.37 bits per heavy atom. The van der Waals surface area contributed by atoms with E-state index in [1.165, 1.54) is 0 Å². The second kappa shape index (κ2) is 5.38. The first-order chi connectivity index (χ1) is 8.83. The van der Waals surface area contributed by atoms with E-state index in [0.29, 0.717) is 19.1 Å². The lowest BCUT2D eigenvalue weighted by Crippen LogP contribution is -2.54. The van der Waals surface area contributed by atoms with Crippen molar-refractivity contribution >= 4 is 16.1 Å². The fourth-order valence-corrected chi connectivity index (χ4v) is 3.90. The predicted molar refractivity (Wildman–Crippen MR) is 69.0 cm³/mol. The minimum atomic E-state index is -3.59. The molecule has 2 heterocycles. The summed E-state index contributed by atoms with van der Waals surface area (Å²) in [6.07, 6.45) is 2.83. The van der Waals surface area contributed by atoms with E-state index in [0.717, 1.165) is 19.1 Å². The fraction of sp³-hybridized carbons (Fsp3) is 0.917. The van der Waals surface area contributed by atoms with Gasteiger partial charge in [-0.15, -0.1) is 0 Å². The van der Waals surface area contributed by atoms with Crippen molar-refractivity contribution in [2.45, 2.75) is 44.4 Å². The van der Waals surface area contributed by atoms with E-state index in [1.807, 2.05) is 7.05 Å². The van der Waals surface area contributed by atoms with Crippen LogP contribution in [0.25, 0.3) is 0 Å². The predicted octanol–water partition coefficient (Wildman–Crippen LogP) is 0.377.